The highest BCUT2D eigenvalue weighted by Gasteiger charge is 2.33. The van der Waals surface area contributed by atoms with E-state index in [1.165, 1.54) is 18.2 Å². The molecule has 0 bridgehead atoms. The Bertz CT molecular complexity index is 890. The summed E-state index contributed by atoms with van der Waals surface area (Å²) in [5.41, 5.74) is 0.975. The molecule has 0 radical (unpaired) electrons. The zero-order valence-corrected chi connectivity index (χ0v) is 12.8. The maximum absolute atomic E-state index is 12.7. The maximum atomic E-state index is 12.7. The number of aliphatic carboxylic acids is 1. The van der Waals surface area contributed by atoms with Gasteiger partial charge in [-0.05, 0) is 23.8 Å². The molecule has 0 aliphatic carbocycles. The molecule has 118 valence electrons. The molecule has 0 aliphatic rings. The van der Waals surface area contributed by atoms with Crippen molar-refractivity contribution in [1.29, 1.82) is 0 Å². The summed E-state index contributed by atoms with van der Waals surface area (Å²) in [5, 5.41) is 9.94. The number of aromatic nitrogens is 1. The largest absolute Gasteiger partial charge is 0.479 e. The first-order valence-electron chi connectivity index (χ1n) is 6.84. The van der Waals surface area contributed by atoms with Crippen LogP contribution in [0.2, 0.25) is 0 Å². The predicted molar refractivity (Wildman–Crippen MR) is 85.7 cm³/mol. The van der Waals surface area contributed by atoms with Crippen LogP contribution < -0.4 is 5.30 Å². The molecule has 2 atom stereocenters. The van der Waals surface area contributed by atoms with Crippen molar-refractivity contribution in [3.8, 4) is 0 Å². The second-order valence-electron chi connectivity index (χ2n) is 4.97. The summed E-state index contributed by atoms with van der Waals surface area (Å²) in [7, 11) is -4.33. The number of fused-ring (bicyclic) bond motifs is 1. The van der Waals surface area contributed by atoms with Crippen LogP contribution in [0.4, 0.5) is 0 Å². The van der Waals surface area contributed by atoms with E-state index in [4.69, 9.17) is 4.52 Å². The molecular formula is C16H14NO5P. The molecule has 1 aromatic heterocycles. The van der Waals surface area contributed by atoms with Crippen molar-refractivity contribution < 1.29 is 23.9 Å². The van der Waals surface area contributed by atoms with Crippen LogP contribution in [0.1, 0.15) is 11.7 Å². The second-order valence-corrected chi connectivity index (χ2v) is 6.70. The van der Waals surface area contributed by atoms with E-state index in [1.54, 1.807) is 42.6 Å². The van der Waals surface area contributed by atoms with Gasteiger partial charge in [-0.2, -0.15) is 0 Å². The van der Waals surface area contributed by atoms with Crippen molar-refractivity contribution in [3.05, 3.63) is 66.4 Å². The van der Waals surface area contributed by atoms with E-state index < -0.39 is 19.7 Å². The number of benzene rings is 2. The van der Waals surface area contributed by atoms with Gasteiger partial charge in [0.1, 0.15) is 0 Å². The third-order valence-corrected chi connectivity index (χ3v) is 4.95. The Morgan fingerprint density at radius 2 is 1.83 bits per heavy atom. The summed E-state index contributed by atoms with van der Waals surface area (Å²) in [5.74, 6) is -1.33. The van der Waals surface area contributed by atoms with E-state index >= 15 is 0 Å². The number of carbonyl (C=O) groups is 1. The van der Waals surface area contributed by atoms with Gasteiger partial charge in [0.25, 0.3) is 0 Å². The molecule has 2 unspecified atom stereocenters. The van der Waals surface area contributed by atoms with Gasteiger partial charge < -0.3 is 15.0 Å². The van der Waals surface area contributed by atoms with Gasteiger partial charge in [0.15, 0.2) is 6.10 Å². The van der Waals surface area contributed by atoms with Crippen molar-refractivity contribution >= 4 is 29.8 Å². The van der Waals surface area contributed by atoms with E-state index in [0.29, 0.717) is 16.5 Å². The molecule has 0 saturated heterocycles. The zero-order chi connectivity index (χ0) is 16.4. The molecule has 6 nitrogen and oxygen atoms in total. The predicted octanol–water partition coefficient (Wildman–Crippen LogP) is 2.82. The van der Waals surface area contributed by atoms with E-state index in [1.807, 2.05) is 0 Å². The number of rotatable bonds is 5. The van der Waals surface area contributed by atoms with Gasteiger partial charge in [0, 0.05) is 17.1 Å². The van der Waals surface area contributed by atoms with Gasteiger partial charge >= 0.3 is 13.6 Å². The first-order valence-corrected chi connectivity index (χ1v) is 8.42. The first-order chi connectivity index (χ1) is 11.0. The van der Waals surface area contributed by atoms with Crippen LogP contribution in [-0.4, -0.2) is 21.0 Å². The average molecular weight is 331 g/mol. The van der Waals surface area contributed by atoms with E-state index in [-0.39, 0.29) is 5.30 Å². The number of carboxylic acids is 1. The minimum absolute atomic E-state index is 0.0680. The summed E-state index contributed by atoms with van der Waals surface area (Å²) >= 11 is 0. The Morgan fingerprint density at radius 3 is 2.52 bits per heavy atom. The maximum Gasteiger partial charge on any atom is 0.360 e. The highest BCUT2D eigenvalue weighted by atomic mass is 31.2. The molecule has 0 spiro atoms. The summed E-state index contributed by atoms with van der Waals surface area (Å²) in [6.07, 6.45) is 0.112. The monoisotopic (exact) mass is 331 g/mol. The summed E-state index contributed by atoms with van der Waals surface area (Å²) in [4.78, 5) is 24.7. The normalized spacial score (nSPS) is 15.2. The molecule has 3 rings (SSSR count). The lowest BCUT2D eigenvalue weighted by Gasteiger charge is -2.19. The minimum Gasteiger partial charge on any atom is -0.479 e. The molecule has 3 N–H and O–H groups in total. The molecule has 3 aromatic rings. The van der Waals surface area contributed by atoms with Gasteiger partial charge in [-0.15, -0.1) is 0 Å². The van der Waals surface area contributed by atoms with Gasteiger partial charge in [-0.1, -0.05) is 36.4 Å². The molecule has 0 fully saturated rings. The van der Waals surface area contributed by atoms with E-state index in [2.05, 4.69) is 4.98 Å². The fraction of sp³-hybridized carbons (Fsp3) is 0.0625. The topological polar surface area (TPSA) is 99.6 Å². The van der Waals surface area contributed by atoms with Gasteiger partial charge in [0.2, 0.25) is 0 Å². The molecule has 7 heteroatoms. The molecule has 0 amide bonds. The van der Waals surface area contributed by atoms with Gasteiger partial charge in [0.05, 0.1) is 5.30 Å². The van der Waals surface area contributed by atoms with Crippen LogP contribution in [0.3, 0.4) is 0 Å². The van der Waals surface area contributed by atoms with Crippen molar-refractivity contribution in [1.82, 2.24) is 4.98 Å². The van der Waals surface area contributed by atoms with Crippen LogP contribution in [-0.2, 0) is 13.9 Å². The van der Waals surface area contributed by atoms with Crippen molar-refractivity contribution in [3.63, 3.8) is 0 Å². The number of H-pyrrole nitrogens is 1. The van der Waals surface area contributed by atoms with Crippen LogP contribution in [0, 0.1) is 0 Å². The fourth-order valence-corrected chi connectivity index (χ4v) is 3.78. The van der Waals surface area contributed by atoms with E-state index in [0.717, 1.165) is 0 Å². The smallest absolute Gasteiger partial charge is 0.360 e. The highest BCUT2D eigenvalue weighted by Crippen LogP contribution is 2.47. The fourth-order valence-electron chi connectivity index (χ4n) is 2.39. The number of aromatic amines is 1. The number of hydrogen-bond acceptors (Lipinski definition) is 3. The molecule has 0 aliphatic heterocycles. The summed E-state index contributed by atoms with van der Waals surface area (Å²) in [6, 6.07) is 14.6. The van der Waals surface area contributed by atoms with Gasteiger partial charge in [-0.3, -0.25) is 9.09 Å². The number of hydrogen-bond donors (Lipinski definition) is 3. The number of nitrogens with one attached hydrogen (secondary N) is 1. The third-order valence-electron chi connectivity index (χ3n) is 3.45. The first kappa shape index (κ1) is 15.5. The Hall–Kier alpha value is -2.40. The quantitative estimate of drug-likeness (QED) is 0.624. The highest BCUT2D eigenvalue weighted by molar-refractivity contribution is 7.61. The lowest BCUT2D eigenvalue weighted by molar-refractivity contribution is -0.145. The second kappa shape index (κ2) is 6.01. The standard InChI is InChI=1S/C16H14NO5P/c18-16(19)15(11-5-2-1-3-6-11)22-23(20,21)14-8-4-7-13-12(14)9-10-17-13/h1-10,15,17H,(H,18,19)(H,20,21). The van der Waals surface area contributed by atoms with Crippen LogP contribution in [0.15, 0.2) is 60.8 Å². The Balaban J connectivity index is 2.01. The lowest BCUT2D eigenvalue weighted by atomic mass is 10.1. The molecular weight excluding hydrogens is 317 g/mol. The Morgan fingerprint density at radius 1 is 1.09 bits per heavy atom. The minimum atomic E-state index is -4.33. The van der Waals surface area contributed by atoms with Crippen LogP contribution in [0.25, 0.3) is 10.9 Å². The molecule has 2 aromatic carbocycles. The SMILES string of the molecule is O=C(O)C(OP(=O)(O)c1cccc2[nH]ccc12)c1ccccc1. The van der Waals surface area contributed by atoms with Gasteiger partial charge in [-0.25, -0.2) is 4.79 Å². The van der Waals surface area contributed by atoms with Crippen LogP contribution in [0.5, 0.6) is 0 Å². The summed E-state index contributed by atoms with van der Waals surface area (Å²) in [6.45, 7) is 0. The number of carboxylic acid groups (broad SMARTS) is 1. The third kappa shape index (κ3) is 3.05. The molecule has 0 saturated carbocycles. The van der Waals surface area contributed by atoms with E-state index in [9.17, 15) is 19.4 Å². The Kier molecular flexibility index (Phi) is 4.05. The summed E-state index contributed by atoms with van der Waals surface area (Å²) < 4.78 is 17.8. The zero-order valence-electron chi connectivity index (χ0n) is 11.9. The van der Waals surface area contributed by atoms with Crippen molar-refractivity contribution in [2.45, 2.75) is 6.10 Å². The molecule has 23 heavy (non-hydrogen) atoms. The molecule has 1 heterocycles. The van der Waals surface area contributed by atoms with Crippen molar-refractivity contribution in [2.24, 2.45) is 0 Å². The van der Waals surface area contributed by atoms with Crippen molar-refractivity contribution in [2.75, 3.05) is 0 Å². The Labute approximate surface area is 131 Å². The lowest BCUT2D eigenvalue weighted by Crippen LogP contribution is -2.18. The average Bonchev–Trinajstić information content (AvgIpc) is 3.01. The van der Waals surface area contributed by atoms with Crippen LogP contribution >= 0.6 is 7.60 Å².